The van der Waals surface area contributed by atoms with Gasteiger partial charge in [0.05, 0.1) is 5.54 Å². The van der Waals surface area contributed by atoms with Gasteiger partial charge >= 0.3 is 6.09 Å². The topological polar surface area (TPSA) is 89.7 Å². The number of hydrogen-bond acceptors (Lipinski definition) is 4. The number of rotatable bonds is 2. The highest BCUT2D eigenvalue weighted by atomic mass is 32.2. The quantitative estimate of drug-likeness (QED) is 0.836. The summed E-state index contributed by atoms with van der Waals surface area (Å²) in [6.07, 6.45) is 2.49. The fourth-order valence-corrected chi connectivity index (χ4v) is 2.50. The summed E-state index contributed by atoms with van der Waals surface area (Å²) in [5, 5.41) is 5.89. The van der Waals surface area contributed by atoms with Crippen LogP contribution in [0.1, 0.15) is 40.5 Å². The van der Waals surface area contributed by atoms with E-state index in [1.54, 1.807) is 32.6 Å². The lowest BCUT2D eigenvalue weighted by Crippen LogP contribution is -2.46. The Bertz CT molecular complexity index is 478. The number of amides is 1. The van der Waals surface area contributed by atoms with Gasteiger partial charge in [0.15, 0.2) is 0 Å². The van der Waals surface area contributed by atoms with Gasteiger partial charge < -0.3 is 4.74 Å². The maximum Gasteiger partial charge on any atom is 0.410 e. The SMILES string of the molecule is CC(C)(C)OC(=O)N1CCC[C@@]1(C)/C=C/S(N)(=O)=O. The van der Waals surface area contributed by atoms with E-state index >= 15 is 0 Å². The average Bonchev–Trinajstić information content (AvgIpc) is 2.55. The van der Waals surface area contributed by atoms with Crippen molar-refractivity contribution in [1.29, 1.82) is 0 Å². The van der Waals surface area contributed by atoms with E-state index in [9.17, 15) is 13.2 Å². The molecule has 1 rings (SSSR count). The minimum absolute atomic E-state index is 0.438. The summed E-state index contributed by atoms with van der Waals surface area (Å²) in [6, 6.07) is 0. The summed E-state index contributed by atoms with van der Waals surface area (Å²) in [5.74, 6) is 0. The van der Waals surface area contributed by atoms with Crippen LogP contribution in [0.5, 0.6) is 0 Å². The molecule has 0 unspecified atom stereocenters. The summed E-state index contributed by atoms with van der Waals surface area (Å²) in [6.45, 7) is 7.71. The van der Waals surface area contributed by atoms with Crippen LogP contribution in [-0.4, -0.2) is 37.1 Å². The molecule has 6 nitrogen and oxygen atoms in total. The third-order valence-corrected chi connectivity index (χ3v) is 3.43. The predicted octanol–water partition coefficient (Wildman–Crippen LogP) is 1.58. The fraction of sp³-hybridized carbons (Fsp3) is 0.750. The van der Waals surface area contributed by atoms with E-state index in [1.165, 1.54) is 6.08 Å². The zero-order valence-electron chi connectivity index (χ0n) is 11.8. The molecule has 1 atom stereocenters. The summed E-state index contributed by atoms with van der Waals surface area (Å²) in [7, 11) is -3.69. The highest BCUT2D eigenvalue weighted by Gasteiger charge is 2.39. The molecule has 0 saturated carbocycles. The Labute approximate surface area is 114 Å². The zero-order chi connectivity index (χ0) is 14.9. The van der Waals surface area contributed by atoms with Gasteiger partial charge in [0.25, 0.3) is 0 Å². The van der Waals surface area contributed by atoms with E-state index in [2.05, 4.69) is 0 Å². The van der Waals surface area contributed by atoms with Crippen molar-refractivity contribution in [2.24, 2.45) is 5.14 Å². The lowest BCUT2D eigenvalue weighted by atomic mass is 10.00. The van der Waals surface area contributed by atoms with E-state index in [-0.39, 0.29) is 0 Å². The predicted molar refractivity (Wildman–Crippen MR) is 72.8 cm³/mol. The molecule has 0 aromatic carbocycles. The van der Waals surface area contributed by atoms with E-state index in [1.807, 2.05) is 0 Å². The molecular weight excluding hydrogens is 268 g/mol. The Hall–Kier alpha value is -1.08. The van der Waals surface area contributed by atoms with Crippen molar-refractivity contribution < 1.29 is 17.9 Å². The van der Waals surface area contributed by atoms with Crippen LogP contribution in [0.15, 0.2) is 11.5 Å². The first kappa shape index (κ1) is 16.0. The molecule has 2 N–H and O–H groups in total. The van der Waals surface area contributed by atoms with Crippen LogP contribution in [-0.2, 0) is 14.8 Å². The molecule has 0 aromatic heterocycles. The smallest absolute Gasteiger partial charge is 0.410 e. The second-order valence-electron chi connectivity index (χ2n) is 5.98. The van der Waals surface area contributed by atoms with Gasteiger partial charge in [-0.05, 0) is 46.6 Å². The van der Waals surface area contributed by atoms with Gasteiger partial charge in [-0.1, -0.05) is 0 Å². The molecule has 1 aliphatic rings. The first-order chi connectivity index (χ1) is 8.43. The number of primary sulfonamides is 1. The van der Waals surface area contributed by atoms with Gasteiger partial charge in [-0.2, -0.15) is 0 Å². The van der Waals surface area contributed by atoms with Crippen molar-refractivity contribution in [1.82, 2.24) is 4.90 Å². The molecule has 110 valence electrons. The Kier molecular flexibility index (Phi) is 4.31. The van der Waals surface area contributed by atoms with Crippen molar-refractivity contribution in [3.8, 4) is 0 Å². The number of likely N-dealkylation sites (tertiary alicyclic amines) is 1. The van der Waals surface area contributed by atoms with Crippen LogP contribution in [0.4, 0.5) is 4.79 Å². The molecule has 1 aliphatic heterocycles. The van der Waals surface area contributed by atoms with Crippen molar-refractivity contribution in [2.45, 2.75) is 51.7 Å². The number of nitrogens with zero attached hydrogens (tertiary/aromatic N) is 1. The van der Waals surface area contributed by atoms with Crippen LogP contribution in [0.2, 0.25) is 0 Å². The summed E-state index contributed by atoms with van der Waals surface area (Å²) < 4.78 is 27.3. The molecule has 0 aliphatic carbocycles. The van der Waals surface area contributed by atoms with E-state index < -0.39 is 27.3 Å². The molecule has 0 aromatic rings. The van der Waals surface area contributed by atoms with Gasteiger partial charge in [-0.3, -0.25) is 4.90 Å². The highest BCUT2D eigenvalue weighted by molar-refractivity contribution is 7.92. The maximum absolute atomic E-state index is 12.1. The highest BCUT2D eigenvalue weighted by Crippen LogP contribution is 2.31. The van der Waals surface area contributed by atoms with Gasteiger partial charge in [-0.15, -0.1) is 0 Å². The Morgan fingerprint density at radius 1 is 1.42 bits per heavy atom. The number of hydrogen-bond donors (Lipinski definition) is 1. The largest absolute Gasteiger partial charge is 0.444 e. The van der Waals surface area contributed by atoms with Crippen molar-refractivity contribution in [3.63, 3.8) is 0 Å². The molecule has 1 heterocycles. The molecule has 0 spiro atoms. The van der Waals surface area contributed by atoms with E-state index in [4.69, 9.17) is 9.88 Å². The van der Waals surface area contributed by atoms with Crippen LogP contribution >= 0.6 is 0 Å². The summed E-state index contributed by atoms with van der Waals surface area (Å²) in [4.78, 5) is 13.6. The van der Waals surface area contributed by atoms with Crippen LogP contribution in [0.25, 0.3) is 0 Å². The molecule has 7 heteroatoms. The second-order valence-corrected chi connectivity index (χ2v) is 7.43. The number of ether oxygens (including phenoxy) is 1. The van der Waals surface area contributed by atoms with Crippen molar-refractivity contribution in [3.05, 3.63) is 11.5 Å². The lowest BCUT2D eigenvalue weighted by molar-refractivity contribution is 0.0169. The zero-order valence-corrected chi connectivity index (χ0v) is 12.7. The van der Waals surface area contributed by atoms with Crippen LogP contribution < -0.4 is 5.14 Å². The van der Waals surface area contributed by atoms with Gasteiger partial charge in [0.2, 0.25) is 10.0 Å². The number of nitrogens with two attached hydrogens (primary N) is 1. The Morgan fingerprint density at radius 3 is 2.47 bits per heavy atom. The van der Waals surface area contributed by atoms with Crippen molar-refractivity contribution >= 4 is 16.1 Å². The van der Waals surface area contributed by atoms with Crippen LogP contribution in [0, 0.1) is 0 Å². The second kappa shape index (κ2) is 5.13. The minimum atomic E-state index is -3.69. The van der Waals surface area contributed by atoms with E-state index in [0.29, 0.717) is 13.0 Å². The number of sulfonamides is 1. The summed E-state index contributed by atoms with van der Waals surface area (Å²) >= 11 is 0. The van der Waals surface area contributed by atoms with Gasteiger partial charge in [0, 0.05) is 12.0 Å². The van der Waals surface area contributed by atoms with Gasteiger partial charge in [0.1, 0.15) is 5.60 Å². The normalized spacial score (nSPS) is 25.0. The average molecular weight is 290 g/mol. The fourth-order valence-electron chi connectivity index (χ4n) is 2.02. The Morgan fingerprint density at radius 2 is 2.00 bits per heavy atom. The van der Waals surface area contributed by atoms with Crippen molar-refractivity contribution in [2.75, 3.05) is 6.54 Å². The molecular formula is C12H22N2O4S. The van der Waals surface area contributed by atoms with Crippen LogP contribution in [0.3, 0.4) is 0 Å². The third kappa shape index (κ3) is 4.83. The first-order valence-electron chi connectivity index (χ1n) is 6.16. The molecule has 0 bridgehead atoms. The van der Waals surface area contributed by atoms with Gasteiger partial charge in [-0.25, -0.2) is 18.4 Å². The standard InChI is InChI=1S/C12H22N2O4S/c1-11(2,3)18-10(15)14-8-5-6-12(14,4)7-9-19(13,16)17/h7,9H,5-6,8H2,1-4H3,(H2,13,16,17)/b9-7+/t12-/m0/s1. The first-order valence-corrected chi connectivity index (χ1v) is 7.77. The third-order valence-electron chi connectivity index (χ3n) is 2.91. The monoisotopic (exact) mass is 290 g/mol. The Balaban J connectivity index is 2.89. The molecule has 1 amide bonds. The molecule has 0 radical (unpaired) electrons. The maximum atomic E-state index is 12.1. The van der Waals surface area contributed by atoms with E-state index in [0.717, 1.165) is 11.8 Å². The lowest BCUT2D eigenvalue weighted by Gasteiger charge is -2.34. The molecule has 1 saturated heterocycles. The summed E-state index contributed by atoms with van der Waals surface area (Å²) in [5.41, 5.74) is -1.25. The number of carbonyl (C=O) groups is 1. The molecule has 19 heavy (non-hydrogen) atoms. The minimum Gasteiger partial charge on any atom is -0.444 e. The molecule has 1 fully saturated rings. The number of carbonyl (C=O) groups excluding carboxylic acids is 1.